The zero-order valence-electron chi connectivity index (χ0n) is 13.8. The van der Waals surface area contributed by atoms with Crippen LogP contribution in [-0.4, -0.2) is 40.5 Å². The second-order valence-electron chi connectivity index (χ2n) is 5.73. The highest BCUT2D eigenvalue weighted by Gasteiger charge is 2.32. The number of non-ortho nitro benzene ring substituents is 1. The standard InChI is InChI=1S/C17H14N4O6/c22-15-13(19-17(24)25)9-20(14-4-2-1-3-12(14)18-15)16(23)10-5-7-11(8-6-10)21(26)27/h1-8,13,19H,9H2,(H,18,22)(H,24,25). The average molecular weight is 370 g/mol. The van der Waals surface area contributed by atoms with E-state index in [0.29, 0.717) is 11.4 Å². The minimum atomic E-state index is -1.40. The van der Waals surface area contributed by atoms with Gasteiger partial charge in [-0.15, -0.1) is 0 Å². The number of nitro benzene ring substituents is 1. The van der Waals surface area contributed by atoms with Gasteiger partial charge in [-0.2, -0.15) is 0 Å². The number of carbonyl (C=O) groups is 3. The molecule has 1 aliphatic rings. The Kier molecular flexibility index (Phi) is 4.71. The lowest BCUT2D eigenvalue weighted by Gasteiger charge is -2.24. The van der Waals surface area contributed by atoms with E-state index in [1.165, 1.54) is 29.2 Å². The first-order valence-electron chi connectivity index (χ1n) is 7.82. The second-order valence-corrected chi connectivity index (χ2v) is 5.73. The normalized spacial score (nSPS) is 15.9. The first-order chi connectivity index (χ1) is 12.9. The number of benzene rings is 2. The molecule has 3 amide bonds. The van der Waals surface area contributed by atoms with Crippen LogP contribution in [0.3, 0.4) is 0 Å². The van der Waals surface area contributed by atoms with Gasteiger partial charge in [0.15, 0.2) is 0 Å². The molecular weight excluding hydrogens is 356 g/mol. The number of carbonyl (C=O) groups excluding carboxylic acids is 2. The van der Waals surface area contributed by atoms with Crippen LogP contribution in [0.15, 0.2) is 48.5 Å². The molecule has 2 aromatic carbocycles. The molecule has 0 fully saturated rings. The van der Waals surface area contributed by atoms with Crippen molar-refractivity contribution in [3.05, 3.63) is 64.2 Å². The summed E-state index contributed by atoms with van der Waals surface area (Å²) in [6, 6.07) is 10.4. The van der Waals surface area contributed by atoms with Crippen LogP contribution in [0, 0.1) is 10.1 Å². The number of carboxylic acid groups (broad SMARTS) is 1. The molecule has 0 radical (unpaired) electrons. The van der Waals surface area contributed by atoms with Crippen LogP contribution in [0.2, 0.25) is 0 Å². The summed E-state index contributed by atoms with van der Waals surface area (Å²) in [5, 5.41) is 24.4. The maximum Gasteiger partial charge on any atom is 0.405 e. The molecule has 1 aliphatic heterocycles. The number of hydrogen-bond acceptors (Lipinski definition) is 5. The van der Waals surface area contributed by atoms with E-state index < -0.39 is 28.9 Å². The van der Waals surface area contributed by atoms with Gasteiger partial charge in [0, 0.05) is 17.7 Å². The van der Waals surface area contributed by atoms with Gasteiger partial charge in [0.2, 0.25) is 5.91 Å². The number of nitrogens with zero attached hydrogens (tertiary/aromatic N) is 2. The van der Waals surface area contributed by atoms with Gasteiger partial charge in [0.05, 0.1) is 22.8 Å². The molecule has 0 aliphatic carbocycles. The quantitative estimate of drug-likeness (QED) is 0.556. The predicted octanol–water partition coefficient (Wildman–Crippen LogP) is 1.83. The van der Waals surface area contributed by atoms with Crippen molar-refractivity contribution in [1.82, 2.24) is 5.32 Å². The van der Waals surface area contributed by atoms with Crippen molar-refractivity contribution >= 4 is 35.0 Å². The van der Waals surface area contributed by atoms with Crippen LogP contribution in [-0.2, 0) is 4.79 Å². The van der Waals surface area contributed by atoms with E-state index in [1.807, 2.05) is 0 Å². The SMILES string of the molecule is O=C(O)NC1CN(C(=O)c2ccc([N+](=O)[O-])cc2)c2ccccc2NC1=O. The van der Waals surface area contributed by atoms with Gasteiger partial charge in [-0.1, -0.05) is 12.1 Å². The number of para-hydroxylation sites is 2. The van der Waals surface area contributed by atoms with Crippen LogP contribution < -0.4 is 15.5 Å². The molecule has 0 saturated heterocycles. The molecule has 0 saturated carbocycles. The average Bonchev–Trinajstić information content (AvgIpc) is 2.77. The van der Waals surface area contributed by atoms with Crippen molar-refractivity contribution in [3.63, 3.8) is 0 Å². The molecule has 1 atom stereocenters. The van der Waals surface area contributed by atoms with Crippen LogP contribution in [0.4, 0.5) is 21.9 Å². The Hall–Kier alpha value is -3.95. The first-order valence-corrected chi connectivity index (χ1v) is 7.82. The minimum Gasteiger partial charge on any atom is -0.465 e. The first kappa shape index (κ1) is 17.9. The molecular formula is C17H14N4O6. The lowest BCUT2D eigenvalue weighted by molar-refractivity contribution is -0.384. The smallest absolute Gasteiger partial charge is 0.405 e. The third-order valence-corrected chi connectivity index (χ3v) is 4.00. The van der Waals surface area contributed by atoms with E-state index in [9.17, 15) is 24.5 Å². The van der Waals surface area contributed by atoms with E-state index in [-0.39, 0.29) is 17.8 Å². The lowest BCUT2D eigenvalue weighted by Crippen LogP contribution is -2.50. The van der Waals surface area contributed by atoms with Crippen molar-refractivity contribution in [1.29, 1.82) is 0 Å². The number of rotatable bonds is 3. The minimum absolute atomic E-state index is 0.162. The molecule has 10 heteroatoms. The second kappa shape index (κ2) is 7.12. The van der Waals surface area contributed by atoms with Crippen molar-refractivity contribution in [2.75, 3.05) is 16.8 Å². The zero-order valence-corrected chi connectivity index (χ0v) is 13.8. The molecule has 1 unspecified atom stereocenters. The highest BCUT2D eigenvalue weighted by molar-refractivity contribution is 6.11. The maximum absolute atomic E-state index is 13.0. The van der Waals surface area contributed by atoms with Gasteiger partial charge in [-0.25, -0.2) is 4.79 Å². The molecule has 27 heavy (non-hydrogen) atoms. The molecule has 138 valence electrons. The summed E-state index contributed by atoms with van der Waals surface area (Å²) in [7, 11) is 0. The Bertz CT molecular complexity index is 927. The van der Waals surface area contributed by atoms with Gasteiger partial charge >= 0.3 is 6.09 Å². The summed E-state index contributed by atoms with van der Waals surface area (Å²) in [6.07, 6.45) is -1.40. The third kappa shape index (κ3) is 3.68. The van der Waals surface area contributed by atoms with E-state index >= 15 is 0 Å². The summed E-state index contributed by atoms with van der Waals surface area (Å²) in [5.74, 6) is -1.12. The van der Waals surface area contributed by atoms with Gasteiger partial charge in [-0.05, 0) is 24.3 Å². The van der Waals surface area contributed by atoms with Crippen molar-refractivity contribution < 1.29 is 24.4 Å². The number of anilines is 2. The van der Waals surface area contributed by atoms with Crippen LogP contribution in [0.25, 0.3) is 0 Å². The molecule has 3 N–H and O–H groups in total. The number of hydrogen-bond donors (Lipinski definition) is 3. The summed E-state index contributed by atoms with van der Waals surface area (Å²) < 4.78 is 0. The van der Waals surface area contributed by atoms with Crippen molar-refractivity contribution in [2.24, 2.45) is 0 Å². The van der Waals surface area contributed by atoms with Gasteiger partial charge < -0.3 is 20.6 Å². The summed E-state index contributed by atoms with van der Waals surface area (Å²) in [4.78, 5) is 47.7. The Morgan fingerprint density at radius 2 is 1.85 bits per heavy atom. The van der Waals surface area contributed by atoms with E-state index in [0.717, 1.165) is 0 Å². The molecule has 0 bridgehead atoms. The fourth-order valence-corrected chi connectivity index (χ4v) is 2.73. The van der Waals surface area contributed by atoms with Gasteiger partial charge in [0.25, 0.3) is 11.6 Å². The summed E-state index contributed by atoms with van der Waals surface area (Å²) in [5.41, 5.74) is 0.750. The third-order valence-electron chi connectivity index (χ3n) is 4.00. The topological polar surface area (TPSA) is 142 Å². The number of amides is 3. The van der Waals surface area contributed by atoms with Gasteiger partial charge in [-0.3, -0.25) is 19.7 Å². The lowest BCUT2D eigenvalue weighted by atomic mass is 10.1. The Morgan fingerprint density at radius 1 is 1.19 bits per heavy atom. The van der Waals surface area contributed by atoms with Gasteiger partial charge in [0.1, 0.15) is 6.04 Å². The Labute approximate surface area is 152 Å². The Morgan fingerprint density at radius 3 is 2.48 bits per heavy atom. The van der Waals surface area contributed by atoms with Crippen molar-refractivity contribution in [3.8, 4) is 0 Å². The number of nitro groups is 1. The molecule has 1 heterocycles. The van der Waals surface area contributed by atoms with E-state index in [4.69, 9.17) is 5.11 Å². The van der Waals surface area contributed by atoms with Crippen molar-refractivity contribution in [2.45, 2.75) is 6.04 Å². The highest BCUT2D eigenvalue weighted by atomic mass is 16.6. The predicted molar refractivity (Wildman–Crippen MR) is 94.8 cm³/mol. The molecule has 0 aromatic heterocycles. The van der Waals surface area contributed by atoms with E-state index in [1.54, 1.807) is 24.3 Å². The van der Waals surface area contributed by atoms with Crippen LogP contribution >= 0.6 is 0 Å². The molecule has 0 spiro atoms. The summed E-state index contributed by atoms with van der Waals surface area (Å²) in [6.45, 7) is -0.231. The number of nitrogens with one attached hydrogen (secondary N) is 2. The Balaban J connectivity index is 1.99. The zero-order chi connectivity index (χ0) is 19.6. The van der Waals surface area contributed by atoms with Crippen LogP contribution in [0.5, 0.6) is 0 Å². The summed E-state index contributed by atoms with van der Waals surface area (Å²) >= 11 is 0. The number of fused-ring (bicyclic) bond motifs is 1. The maximum atomic E-state index is 13.0. The highest BCUT2D eigenvalue weighted by Crippen LogP contribution is 2.30. The van der Waals surface area contributed by atoms with E-state index in [2.05, 4.69) is 10.6 Å². The molecule has 2 aromatic rings. The van der Waals surface area contributed by atoms with Crippen LogP contribution in [0.1, 0.15) is 10.4 Å². The fourth-order valence-electron chi connectivity index (χ4n) is 2.73. The molecule has 10 nitrogen and oxygen atoms in total. The monoisotopic (exact) mass is 370 g/mol. The largest absolute Gasteiger partial charge is 0.465 e. The molecule has 3 rings (SSSR count). The fraction of sp³-hybridized carbons (Fsp3) is 0.118.